The number of fused-ring (bicyclic) bond motifs is 2. The maximum atomic E-state index is 13.2. The van der Waals surface area contributed by atoms with Crippen molar-refractivity contribution in [3.63, 3.8) is 0 Å². The lowest BCUT2D eigenvalue weighted by molar-refractivity contribution is 0.102. The summed E-state index contributed by atoms with van der Waals surface area (Å²) in [7, 11) is 0. The molecule has 0 atom stereocenters. The number of pyridine rings is 2. The van der Waals surface area contributed by atoms with Gasteiger partial charge < -0.3 is 15.6 Å². The van der Waals surface area contributed by atoms with Crippen molar-refractivity contribution in [2.75, 3.05) is 17.6 Å². The topological polar surface area (TPSA) is 115 Å². The van der Waals surface area contributed by atoms with Gasteiger partial charge in [-0.1, -0.05) is 18.2 Å². The number of nitrogen functional groups attached to an aromatic ring is 1. The Morgan fingerprint density at radius 3 is 2.86 bits per heavy atom. The molecule has 4 N–H and O–H groups in total. The molecule has 9 heteroatoms. The van der Waals surface area contributed by atoms with Gasteiger partial charge in [-0.15, -0.1) is 11.3 Å². The third-order valence-corrected chi connectivity index (χ3v) is 7.47. The Bertz CT molecular complexity index is 1680. The smallest absolute Gasteiger partial charge is 0.258 e. The van der Waals surface area contributed by atoms with Crippen molar-refractivity contribution in [3.8, 4) is 11.1 Å². The first kappa shape index (κ1) is 23.1. The van der Waals surface area contributed by atoms with Gasteiger partial charge in [0.2, 0.25) is 0 Å². The highest BCUT2D eigenvalue weighted by molar-refractivity contribution is 7.15. The van der Waals surface area contributed by atoms with Crippen LogP contribution in [0.25, 0.3) is 21.9 Å². The van der Waals surface area contributed by atoms with Crippen LogP contribution in [0.3, 0.4) is 0 Å². The molecule has 1 amide bonds. The SMILES string of the molecule is Nc1cc(-c2ccc3c(=O)n(Cc4cccc(C(=O)Nc5nc6c(s5)CNCC6)c4)ccc3c2)ccn1. The molecule has 2 aromatic carbocycles. The Hall–Kier alpha value is -4.34. The van der Waals surface area contributed by atoms with Crippen molar-refractivity contribution in [2.24, 2.45) is 0 Å². The molecule has 0 unspecified atom stereocenters. The van der Waals surface area contributed by atoms with E-state index in [-0.39, 0.29) is 11.5 Å². The number of hydrogen-bond donors (Lipinski definition) is 3. The first-order valence-electron chi connectivity index (χ1n) is 12.0. The van der Waals surface area contributed by atoms with Crippen LogP contribution in [0.2, 0.25) is 0 Å². The lowest BCUT2D eigenvalue weighted by Crippen LogP contribution is -2.22. The second kappa shape index (κ2) is 9.61. The van der Waals surface area contributed by atoms with E-state index in [1.54, 1.807) is 23.0 Å². The molecule has 0 saturated heterocycles. The van der Waals surface area contributed by atoms with E-state index in [1.165, 1.54) is 16.2 Å². The Kier molecular flexibility index (Phi) is 5.99. The first-order valence-corrected chi connectivity index (χ1v) is 12.8. The predicted molar refractivity (Wildman–Crippen MR) is 147 cm³/mol. The third-order valence-electron chi connectivity index (χ3n) is 6.46. The van der Waals surface area contributed by atoms with Crippen LogP contribution < -0.4 is 21.9 Å². The van der Waals surface area contributed by atoms with Gasteiger partial charge in [-0.2, -0.15) is 0 Å². The number of rotatable bonds is 5. The lowest BCUT2D eigenvalue weighted by atomic mass is 10.0. The fraction of sp³-hybridized carbons (Fsp3) is 0.143. The summed E-state index contributed by atoms with van der Waals surface area (Å²) in [5.41, 5.74) is 10.1. The Morgan fingerprint density at radius 2 is 2.00 bits per heavy atom. The highest BCUT2D eigenvalue weighted by atomic mass is 32.1. The molecule has 4 heterocycles. The number of anilines is 2. The molecule has 0 aliphatic carbocycles. The summed E-state index contributed by atoms with van der Waals surface area (Å²) in [6.45, 7) is 2.05. The van der Waals surface area contributed by atoms with Crippen LogP contribution in [-0.2, 0) is 19.5 Å². The molecule has 1 aliphatic heterocycles. The molecular formula is C28H24N6O2S. The minimum atomic E-state index is -0.212. The minimum Gasteiger partial charge on any atom is -0.384 e. The van der Waals surface area contributed by atoms with Crippen molar-refractivity contribution < 1.29 is 4.79 Å². The normalized spacial score (nSPS) is 12.9. The summed E-state index contributed by atoms with van der Waals surface area (Å²) in [4.78, 5) is 35.9. The van der Waals surface area contributed by atoms with Gasteiger partial charge in [-0.3, -0.25) is 14.9 Å². The summed E-state index contributed by atoms with van der Waals surface area (Å²) < 4.78 is 1.66. The number of nitrogens with one attached hydrogen (secondary N) is 2. The quantitative estimate of drug-likeness (QED) is 0.330. The number of aromatic nitrogens is 3. The van der Waals surface area contributed by atoms with E-state index in [2.05, 4.69) is 20.6 Å². The van der Waals surface area contributed by atoms with E-state index in [4.69, 9.17) is 5.73 Å². The maximum absolute atomic E-state index is 13.2. The Labute approximate surface area is 216 Å². The monoisotopic (exact) mass is 508 g/mol. The van der Waals surface area contributed by atoms with E-state index in [0.717, 1.165) is 47.3 Å². The third kappa shape index (κ3) is 4.74. The molecule has 0 spiro atoms. The minimum absolute atomic E-state index is 0.0878. The number of nitrogens with zero attached hydrogens (tertiary/aromatic N) is 3. The Balaban J connectivity index is 1.22. The van der Waals surface area contributed by atoms with Crippen molar-refractivity contribution in [3.05, 3.63) is 105 Å². The molecule has 0 bridgehead atoms. The molecule has 1 aliphatic rings. The maximum Gasteiger partial charge on any atom is 0.258 e. The van der Waals surface area contributed by atoms with Gasteiger partial charge in [0, 0.05) is 47.7 Å². The second-order valence-corrected chi connectivity index (χ2v) is 10.1. The van der Waals surface area contributed by atoms with E-state index in [9.17, 15) is 9.59 Å². The van der Waals surface area contributed by atoms with Gasteiger partial charge in [0.05, 0.1) is 12.2 Å². The number of nitrogens with two attached hydrogens (primary N) is 1. The molecule has 0 fully saturated rings. The van der Waals surface area contributed by atoms with Crippen LogP contribution in [-0.4, -0.2) is 27.0 Å². The molecule has 3 aromatic heterocycles. The summed E-state index contributed by atoms with van der Waals surface area (Å²) in [6.07, 6.45) is 4.33. The fourth-order valence-electron chi connectivity index (χ4n) is 4.58. The van der Waals surface area contributed by atoms with E-state index >= 15 is 0 Å². The summed E-state index contributed by atoms with van der Waals surface area (Å²) in [5, 5.41) is 8.34. The second-order valence-electron chi connectivity index (χ2n) is 8.99. The molecule has 8 nitrogen and oxygen atoms in total. The van der Waals surface area contributed by atoms with Gasteiger partial charge in [0.1, 0.15) is 5.82 Å². The number of benzene rings is 2. The molecular weight excluding hydrogens is 484 g/mol. The van der Waals surface area contributed by atoms with Crippen molar-refractivity contribution in [1.29, 1.82) is 0 Å². The van der Waals surface area contributed by atoms with Gasteiger partial charge in [-0.25, -0.2) is 9.97 Å². The van der Waals surface area contributed by atoms with Crippen LogP contribution in [0.5, 0.6) is 0 Å². The molecule has 37 heavy (non-hydrogen) atoms. The van der Waals surface area contributed by atoms with Gasteiger partial charge in [0.25, 0.3) is 11.5 Å². The van der Waals surface area contributed by atoms with Gasteiger partial charge >= 0.3 is 0 Å². The Morgan fingerprint density at radius 1 is 1.11 bits per heavy atom. The van der Waals surface area contributed by atoms with Gasteiger partial charge in [-0.05, 0) is 64.5 Å². The van der Waals surface area contributed by atoms with E-state index < -0.39 is 0 Å². The van der Waals surface area contributed by atoms with E-state index in [1.807, 2.05) is 54.6 Å². The number of hydrogen-bond acceptors (Lipinski definition) is 7. The number of amides is 1. The van der Waals surface area contributed by atoms with Crippen LogP contribution >= 0.6 is 11.3 Å². The van der Waals surface area contributed by atoms with Crippen LogP contribution in [0, 0.1) is 0 Å². The van der Waals surface area contributed by atoms with Crippen LogP contribution in [0.15, 0.2) is 77.9 Å². The van der Waals surface area contributed by atoms with Crippen LogP contribution in [0.4, 0.5) is 10.9 Å². The zero-order valence-corrected chi connectivity index (χ0v) is 20.7. The molecule has 0 radical (unpaired) electrons. The molecule has 5 aromatic rings. The number of carbonyl (C=O) groups excluding carboxylic acids is 1. The van der Waals surface area contributed by atoms with Gasteiger partial charge in [0.15, 0.2) is 5.13 Å². The zero-order valence-electron chi connectivity index (χ0n) is 19.9. The van der Waals surface area contributed by atoms with Crippen molar-refractivity contribution in [2.45, 2.75) is 19.5 Å². The van der Waals surface area contributed by atoms with Crippen molar-refractivity contribution >= 4 is 39.0 Å². The van der Waals surface area contributed by atoms with E-state index in [0.29, 0.717) is 28.4 Å². The first-order chi connectivity index (χ1) is 18.0. The summed E-state index contributed by atoms with van der Waals surface area (Å²) >= 11 is 1.51. The number of carbonyl (C=O) groups is 1. The summed E-state index contributed by atoms with van der Waals surface area (Å²) in [6, 6.07) is 18.7. The predicted octanol–water partition coefficient (Wildman–Crippen LogP) is 4.05. The van der Waals surface area contributed by atoms with Crippen LogP contribution in [0.1, 0.15) is 26.5 Å². The average molecular weight is 509 g/mol. The number of thiazole rings is 1. The highest BCUT2D eigenvalue weighted by Gasteiger charge is 2.17. The molecule has 184 valence electrons. The lowest BCUT2D eigenvalue weighted by Gasteiger charge is -2.10. The highest BCUT2D eigenvalue weighted by Crippen LogP contribution is 2.26. The molecule has 0 saturated carbocycles. The molecule has 6 rings (SSSR count). The zero-order chi connectivity index (χ0) is 25.4. The largest absolute Gasteiger partial charge is 0.384 e. The standard InChI is InChI=1S/C28H24N6O2S/c29-25-14-19(6-10-31-25)18-4-5-22-20(13-18)8-11-34(27(22)36)16-17-2-1-3-21(12-17)26(35)33-28-32-23-7-9-30-15-24(23)37-28/h1-6,8,10-14,30H,7,9,15-16H2,(H2,29,31)(H,32,33,35). The summed E-state index contributed by atoms with van der Waals surface area (Å²) in [5.74, 6) is 0.239. The average Bonchev–Trinajstić information content (AvgIpc) is 3.32. The van der Waals surface area contributed by atoms with Crippen molar-refractivity contribution in [1.82, 2.24) is 19.9 Å². The fourth-order valence-corrected chi connectivity index (χ4v) is 5.55.